The summed E-state index contributed by atoms with van der Waals surface area (Å²) in [6.07, 6.45) is -78.6. The maximum absolute atomic E-state index is 15.0. The number of aromatic nitrogens is 3. The summed E-state index contributed by atoms with van der Waals surface area (Å²) in [6, 6.07) is 0. The van der Waals surface area contributed by atoms with E-state index in [0.717, 1.165) is 14.2 Å². The van der Waals surface area contributed by atoms with Crippen LogP contribution in [0.4, 0.5) is 198 Å². The Hall–Kier alpha value is -4.26. The lowest BCUT2D eigenvalue weighted by Crippen LogP contribution is -2.68. The van der Waals surface area contributed by atoms with Gasteiger partial charge in [-0.3, -0.25) is 14.2 Å². The number of halogens is 45. The minimum atomic E-state index is -9.66. The molecule has 0 fully saturated rings. The van der Waals surface area contributed by atoms with E-state index >= 15 is 0 Å². The number of nitrogens with zero attached hydrogens (tertiary/aromatic N) is 3. The molecule has 75 heavy (non-hydrogen) atoms. The Morgan fingerprint density at radius 1 is 0.187 bits per heavy atom. The predicted molar refractivity (Wildman–Crippen MR) is 127 cm³/mol. The first-order valence-corrected chi connectivity index (χ1v) is 15.6. The molecule has 0 N–H and O–H groups in total. The Labute approximate surface area is 372 Å². The average Bonchev–Trinajstić information content (AvgIpc) is 3.13. The molecule has 0 aliphatic heterocycles. The van der Waals surface area contributed by atoms with Gasteiger partial charge in [0.1, 0.15) is 0 Å². The van der Waals surface area contributed by atoms with Crippen LogP contribution in [0.25, 0.3) is 0 Å². The van der Waals surface area contributed by atoms with Crippen LogP contribution in [0, 0.1) is 0 Å². The monoisotopic (exact) mass is 1230 g/mol. The summed E-state index contributed by atoms with van der Waals surface area (Å²) in [5, 5.41) is 0. The molecule has 0 saturated carbocycles. The Bertz CT molecular complexity index is 1910. The smallest absolute Gasteiger partial charge is 0.262 e. The third kappa shape index (κ3) is 10.0. The third-order valence-electron chi connectivity index (χ3n) is 7.93. The molecule has 0 aliphatic carbocycles. The van der Waals surface area contributed by atoms with Crippen LogP contribution in [0.5, 0.6) is 0 Å². The van der Waals surface area contributed by atoms with Gasteiger partial charge in [-0.2, -0.15) is 198 Å². The van der Waals surface area contributed by atoms with E-state index in [9.17, 15) is 198 Å². The van der Waals surface area contributed by atoms with Gasteiger partial charge in [0.05, 0.1) is 0 Å². The van der Waals surface area contributed by atoms with E-state index in [1.54, 1.807) is 0 Å². The molecule has 444 valence electrons. The van der Waals surface area contributed by atoms with Gasteiger partial charge in [0.2, 0.25) is 17.5 Å². The third-order valence-corrected chi connectivity index (χ3v) is 7.93. The van der Waals surface area contributed by atoms with Crippen molar-refractivity contribution in [2.45, 2.75) is 126 Å². The molecule has 0 aromatic carbocycles. The van der Waals surface area contributed by atoms with E-state index in [1.165, 1.54) is 0 Å². The molecule has 0 amide bonds. The second kappa shape index (κ2) is 17.6. The fourth-order valence-corrected chi connectivity index (χ4v) is 3.91. The minimum absolute atomic E-state index is 0.189. The molecule has 0 atom stereocenters. The van der Waals surface area contributed by atoms with Crippen molar-refractivity contribution in [3.05, 3.63) is 17.5 Å². The lowest BCUT2D eigenvalue weighted by atomic mass is 9.99. The van der Waals surface area contributed by atoms with Crippen LogP contribution in [0.3, 0.4) is 0 Å². The first kappa shape index (κ1) is 68.8. The Morgan fingerprint density at radius 2 is 0.307 bits per heavy atom. The summed E-state index contributed by atoms with van der Waals surface area (Å²) in [6.45, 7) is 0. The second-order valence-corrected chi connectivity index (χ2v) is 13.1. The van der Waals surface area contributed by atoms with Crippen molar-refractivity contribution >= 4 is 0 Å². The molecule has 1 heterocycles. The zero-order valence-electron chi connectivity index (χ0n) is 31.6. The maximum atomic E-state index is 15.0. The number of hydrogen-bond acceptors (Lipinski definition) is 6. The summed E-state index contributed by atoms with van der Waals surface area (Å²) in [7, 11) is 0. The van der Waals surface area contributed by atoms with Crippen LogP contribution >= 0.6 is 0 Å². The normalized spacial score (nSPS) is 16.8. The summed E-state index contributed by atoms with van der Waals surface area (Å²) in [5.41, 5.74) is 0. The lowest BCUT2D eigenvalue weighted by Gasteiger charge is -2.40. The number of hydrogen-bond donors (Lipinski definition) is 0. The van der Waals surface area contributed by atoms with Crippen molar-refractivity contribution in [1.29, 1.82) is 0 Å². The van der Waals surface area contributed by atoms with Gasteiger partial charge in [0, 0.05) is 0 Å². The van der Waals surface area contributed by atoms with E-state index < -0.39 is 144 Å². The Morgan fingerprint density at radius 3 is 0.413 bits per heavy atom. The predicted octanol–water partition coefficient (Wildman–Crippen LogP) is 14.2. The standard InChI is InChI=1S/C24F45N3O3/c25-4(26,7(31,32)10(37,38)22(64,65)73-13(43,16(46,47)48)17(49,50)51)1-70-2(5(27,28)8(33,34)11(39,40)23(66,67)74-14(44,18(52,53)54)19(55,56)57)72-3(71-1)6(29,30)9(35,36)12(41,42)24(68,69)75-15(45,20(58,59)60)21(61,62)63. The van der Waals surface area contributed by atoms with Crippen molar-refractivity contribution in [3.63, 3.8) is 0 Å². The SMILES string of the molecule is FC(F)(F)C(F)(OC(F)(F)C(F)(F)C(F)(F)C(F)(F)c1nc(C(F)(F)C(F)(F)C(F)(F)C(F)(F)OC(F)(C(F)(F)F)C(F)(F)F)nc(C(F)(F)C(F)(F)C(F)(F)C(F)(F)OC(F)(C(F)(F)F)C(F)(F)F)n1)C(F)(F)F. The van der Waals surface area contributed by atoms with Gasteiger partial charge in [0.25, 0.3) is 0 Å². The van der Waals surface area contributed by atoms with Gasteiger partial charge in [-0.05, 0) is 0 Å². The zero-order valence-corrected chi connectivity index (χ0v) is 31.6. The van der Waals surface area contributed by atoms with E-state index in [2.05, 4.69) is 0 Å². The van der Waals surface area contributed by atoms with Gasteiger partial charge in [-0.25, -0.2) is 15.0 Å². The van der Waals surface area contributed by atoms with E-state index in [1.807, 2.05) is 0 Å². The topological polar surface area (TPSA) is 66.4 Å². The highest BCUT2D eigenvalue weighted by Crippen LogP contribution is 2.64. The Balaban J connectivity index is 4.81. The molecule has 0 aliphatic rings. The molecule has 1 aromatic heterocycles. The average molecular weight is 1230 g/mol. The van der Waals surface area contributed by atoms with Crippen LogP contribution in [0.1, 0.15) is 17.5 Å². The molecule has 1 rings (SSSR count). The van der Waals surface area contributed by atoms with Gasteiger partial charge >= 0.3 is 126 Å². The van der Waals surface area contributed by atoms with Crippen LogP contribution in [-0.2, 0) is 32.0 Å². The first-order chi connectivity index (χ1) is 31.7. The molecular weight excluding hydrogens is 1230 g/mol. The molecule has 0 spiro atoms. The summed E-state index contributed by atoms with van der Waals surface area (Å²) in [4.78, 5) is 0.567. The maximum Gasteiger partial charge on any atom is 0.458 e. The second-order valence-electron chi connectivity index (χ2n) is 13.1. The molecule has 0 bridgehead atoms. The number of rotatable bonds is 18. The van der Waals surface area contributed by atoms with Crippen molar-refractivity contribution in [2.24, 2.45) is 0 Å². The van der Waals surface area contributed by atoms with Crippen molar-refractivity contribution < 1.29 is 212 Å². The first-order valence-electron chi connectivity index (χ1n) is 15.6. The molecule has 1 aromatic rings. The summed E-state index contributed by atoms with van der Waals surface area (Å²) >= 11 is 0. The lowest BCUT2D eigenvalue weighted by molar-refractivity contribution is -0.522. The summed E-state index contributed by atoms with van der Waals surface area (Å²) in [5.74, 6) is -129. The van der Waals surface area contributed by atoms with E-state index in [4.69, 9.17) is 0 Å². The van der Waals surface area contributed by atoms with Gasteiger partial charge < -0.3 is 0 Å². The molecule has 51 heteroatoms. The fourth-order valence-electron chi connectivity index (χ4n) is 3.91. The quantitative estimate of drug-likeness (QED) is 0.137. The van der Waals surface area contributed by atoms with Crippen molar-refractivity contribution in [1.82, 2.24) is 15.0 Å². The van der Waals surface area contributed by atoms with Gasteiger partial charge in [-0.15, -0.1) is 0 Å². The number of ether oxygens (including phenoxy) is 3. The van der Waals surface area contributed by atoms with Crippen LogP contribution in [0.15, 0.2) is 0 Å². The minimum Gasteiger partial charge on any atom is -0.262 e. The van der Waals surface area contributed by atoms with E-state index in [0.29, 0.717) is 0 Å². The molecule has 0 saturated heterocycles. The van der Waals surface area contributed by atoms with Crippen LogP contribution in [0.2, 0.25) is 0 Å². The van der Waals surface area contributed by atoms with E-state index in [-0.39, 0.29) is 15.0 Å². The van der Waals surface area contributed by atoms with Crippen molar-refractivity contribution in [2.75, 3.05) is 0 Å². The summed E-state index contributed by atoms with van der Waals surface area (Å²) < 4.78 is 618. The highest BCUT2D eigenvalue weighted by atomic mass is 19.5. The largest absolute Gasteiger partial charge is 0.458 e. The molecular formula is C24F45N3O3. The zero-order chi connectivity index (χ0) is 61.5. The molecule has 0 radical (unpaired) electrons. The number of alkyl halides is 45. The highest BCUT2D eigenvalue weighted by molar-refractivity contribution is 5.21. The van der Waals surface area contributed by atoms with Gasteiger partial charge in [-0.1, -0.05) is 0 Å². The molecule has 0 unspecified atom stereocenters. The highest BCUT2D eigenvalue weighted by Gasteiger charge is 2.91. The fraction of sp³-hybridized carbons (Fsp3) is 0.875. The van der Waals surface area contributed by atoms with Crippen molar-refractivity contribution in [3.8, 4) is 0 Å². The van der Waals surface area contributed by atoms with Crippen LogP contribution < -0.4 is 0 Å². The van der Waals surface area contributed by atoms with Crippen LogP contribution in [-0.4, -0.2) is 123 Å². The molecule has 6 nitrogen and oxygen atoms in total. The Kier molecular flexibility index (Phi) is 16.2. The van der Waals surface area contributed by atoms with Gasteiger partial charge in [0.15, 0.2) is 0 Å².